The SMILES string of the molecule is O=C(Nc1ccc(Cl)cc1)Nc1ccccc1Oc1ccccc1C(=O)O. The number of carboxylic acid groups (broad SMARTS) is 1. The normalized spacial score (nSPS) is 10.1. The van der Waals surface area contributed by atoms with E-state index in [-0.39, 0.29) is 11.3 Å². The first-order valence-corrected chi connectivity index (χ1v) is 8.33. The van der Waals surface area contributed by atoms with Crippen LogP contribution in [0.15, 0.2) is 72.8 Å². The molecule has 0 heterocycles. The molecule has 136 valence electrons. The smallest absolute Gasteiger partial charge is 0.339 e. The minimum atomic E-state index is -1.10. The summed E-state index contributed by atoms with van der Waals surface area (Å²) in [4.78, 5) is 23.6. The summed E-state index contributed by atoms with van der Waals surface area (Å²) in [6.07, 6.45) is 0. The molecule has 0 aromatic heterocycles. The van der Waals surface area contributed by atoms with Gasteiger partial charge in [0.05, 0.1) is 5.69 Å². The molecule has 0 aliphatic heterocycles. The number of carboxylic acids is 1. The van der Waals surface area contributed by atoms with Crippen LogP contribution in [0.1, 0.15) is 10.4 Å². The number of aromatic carboxylic acids is 1. The Hall–Kier alpha value is -3.51. The standard InChI is InChI=1S/C20H15ClN2O4/c21-13-9-11-14(12-10-13)22-20(26)23-16-6-2-4-8-18(16)27-17-7-3-1-5-15(17)19(24)25/h1-12H,(H,24,25)(H2,22,23,26). The lowest BCUT2D eigenvalue weighted by Crippen LogP contribution is -2.19. The predicted octanol–water partition coefficient (Wildman–Crippen LogP) is 5.47. The minimum absolute atomic E-state index is 0.0259. The molecule has 2 amide bonds. The summed E-state index contributed by atoms with van der Waals surface area (Å²) in [5.41, 5.74) is 0.994. The Bertz CT molecular complexity index is 974. The quantitative estimate of drug-likeness (QED) is 0.545. The summed E-state index contributed by atoms with van der Waals surface area (Å²) in [7, 11) is 0. The lowest BCUT2D eigenvalue weighted by molar-refractivity contribution is 0.0694. The number of ether oxygens (including phenoxy) is 1. The number of halogens is 1. The van der Waals surface area contributed by atoms with Crippen LogP contribution in [0.3, 0.4) is 0 Å². The average Bonchev–Trinajstić information content (AvgIpc) is 2.65. The summed E-state index contributed by atoms with van der Waals surface area (Å²) in [5.74, 6) is -0.605. The molecule has 0 aliphatic carbocycles. The number of rotatable bonds is 5. The van der Waals surface area contributed by atoms with Crippen LogP contribution in [0.2, 0.25) is 5.02 Å². The summed E-state index contributed by atoms with van der Waals surface area (Å²) >= 11 is 5.82. The summed E-state index contributed by atoms with van der Waals surface area (Å²) in [5, 5.41) is 15.2. The number of amides is 2. The Morgan fingerprint density at radius 3 is 2.15 bits per heavy atom. The maximum absolute atomic E-state index is 12.2. The summed E-state index contributed by atoms with van der Waals surface area (Å²) < 4.78 is 5.73. The van der Waals surface area contributed by atoms with Crippen molar-refractivity contribution in [2.75, 3.05) is 10.6 Å². The van der Waals surface area contributed by atoms with Gasteiger partial charge in [0.25, 0.3) is 0 Å². The van der Waals surface area contributed by atoms with Crippen LogP contribution in [0.4, 0.5) is 16.2 Å². The first-order chi connectivity index (χ1) is 13.0. The lowest BCUT2D eigenvalue weighted by atomic mass is 10.2. The molecule has 3 aromatic carbocycles. The first kappa shape index (κ1) is 18.3. The van der Waals surface area contributed by atoms with Crippen molar-refractivity contribution >= 4 is 35.0 Å². The molecule has 3 rings (SSSR count). The van der Waals surface area contributed by atoms with E-state index in [2.05, 4.69) is 10.6 Å². The molecule has 0 atom stereocenters. The molecule has 0 saturated heterocycles. The Morgan fingerprint density at radius 2 is 1.44 bits per heavy atom. The molecule has 0 aliphatic rings. The van der Waals surface area contributed by atoms with Crippen LogP contribution in [0.5, 0.6) is 11.5 Å². The van der Waals surface area contributed by atoms with Gasteiger partial charge >= 0.3 is 12.0 Å². The number of hydrogen-bond acceptors (Lipinski definition) is 3. The Balaban J connectivity index is 1.77. The van der Waals surface area contributed by atoms with Crippen LogP contribution < -0.4 is 15.4 Å². The van der Waals surface area contributed by atoms with Crippen LogP contribution >= 0.6 is 11.6 Å². The zero-order valence-electron chi connectivity index (χ0n) is 14.0. The van der Waals surface area contributed by atoms with Crippen molar-refractivity contribution in [3.8, 4) is 11.5 Å². The van der Waals surface area contributed by atoms with E-state index in [0.29, 0.717) is 22.1 Å². The molecule has 3 N–H and O–H groups in total. The number of carbonyl (C=O) groups is 2. The number of anilines is 2. The number of hydrogen-bond donors (Lipinski definition) is 3. The first-order valence-electron chi connectivity index (χ1n) is 7.96. The molecule has 27 heavy (non-hydrogen) atoms. The van der Waals surface area contributed by atoms with E-state index in [1.807, 2.05) is 0 Å². The molecular formula is C20H15ClN2O4. The van der Waals surface area contributed by atoms with Gasteiger partial charge in [0.1, 0.15) is 11.3 Å². The molecule has 0 bridgehead atoms. The van der Waals surface area contributed by atoms with Gasteiger partial charge in [0.2, 0.25) is 0 Å². The van der Waals surface area contributed by atoms with Gasteiger partial charge in [0, 0.05) is 10.7 Å². The van der Waals surface area contributed by atoms with Gasteiger partial charge in [-0.1, -0.05) is 35.9 Å². The topological polar surface area (TPSA) is 87.7 Å². The Kier molecular flexibility index (Phi) is 5.58. The predicted molar refractivity (Wildman–Crippen MR) is 104 cm³/mol. The number of urea groups is 1. The van der Waals surface area contributed by atoms with Gasteiger partial charge in [-0.25, -0.2) is 9.59 Å². The van der Waals surface area contributed by atoms with Gasteiger partial charge < -0.3 is 20.5 Å². The molecule has 0 spiro atoms. The molecular weight excluding hydrogens is 368 g/mol. The van der Waals surface area contributed by atoms with Gasteiger partial charge in [0.15, 0.2) is 5.75 Å². The van der Waals surface area contributed by atoms with Crippen molar-refractivity contribution in [2.45, 2.75) is 0 Å². The van der Waals surface area contributed by atoms with Gasteiger partial charge in [-0.05, 0) is 48.5 Å². The zero-order valence-corrected chi connectivity index (χ0v) is 14.7. The maximum atomic E-state index is 12.2. The van der Waals surface area contributed by atoms with Crippen LogP contribution in [-0.2, 0) is 0 Å². The molecule has 7 heteroatoms. The Labute approximate surface area is 160 Å². The third-order valence-electron chi connectivity index (χ3n) is 3.57. The minimum Gasteiger partial charge on any atom is -0.478 e. The van der Waals surface area contributed by atoms with Gasteiger partial charge in [-0.2, -0.15) is 0 Å². The van der Waals surface area contributed by atoms with E-state index in [1.165, 1.54) is 6.07 Å². The van der Waals surface area contributed by atoms with E-state index in [0.717, 1.165) is 0 Å². The van der Waals surface area contributed by atoms with Crippen molar-refractivity contribution < 1.29 is 19.4 Å². The lowest BCUT2D eigenvalue weighted by Gasteiger charge is -2.14. The fourth-order valence-corrected chi connectivity index (χ4v) is 2.45. The largest absolute Gasteiger partial charge is 0.478 e. The third kappa shape index (κ3) is 4.77. The molecule has 3 aromatic rings. The van der Waals surface area contributed by atoms with Gasteiger partial charge in [-0.15, -0.1) is 0 Å². The molecule has 0 unspecified atom stereocenters. The number of nitrogens with one attached hydrogen (secondary N) is 2. The summed E-state index contributed by atoms with van der Waals surface area (Å²) in [6.45, 7) is 0. The van der Waals surface area contributed by atoms with E-state index >= 15 is 0 Å². The number of carbonyl (C=O) groups excluding carboxylic acids is 1. The molecule has 6 nitrogen and oxygen atoms in total. The molecule has 0 radical (unpaired) electrons. The van der Waals surface area contributed by atoms with Crippen molar-refractivity contribution in [3.05, 3.63) is 83.4 Å². The van der Waals surface area contributed by atoms with Crippen LogP contribution in [-0.4, -0.2) is 17.1 Å². The van der Waals surface area contributed by atoms with E-state index in [9.17, 15) is 14.7 Å². The Morgan fingerprint density at radius 1 is 0.815 bits per heavy atom. The second-order valence-corrected chi connectivity index (χ2v) is 5.92. The van der Waals surface area contributed by atoms with Crippen molar-refractivity contribution in [3.63, 3.8) is 0 Å². The fraction of sp³-hybridized carbons (Fsp3) is 0. The molecule has 0 saturated carbocycles. The highest BCUT2D eigenvalue weighted by Crippen LogP contribution is 2.31. The highest BCUT2D eigenvalue weighted by atomic mass is 35.5. The van der Waals surface area contributed by atoms with Crippen molar-refractivity contribution in [2.24, 2.45) is 0 Å². The van der Waals surface area contributed by atoms with Crippen molar-refractivity contribution in [1.29, 1.82) is 0 Å². The van der Waals surface area contributed by atoms with Gasteiger partial charge in [-0.3, -0.25) is 0 Å². The molecule has 0 fully saturated rings. The highest BCUT2D eigenvalue weighted by Gasteiger charge is 2.14. The van der Waals surface area contributed by atoms with E-state index in [4.69, 9.17) is 16.3 Å². The number of para-hydroxylation sites is 3. The van der Waals surface area contributed by atoms with E-state index < -0.39 is 12.0 Å². The monoisotopic (exact) mass is 382 g/mol. The maximum Gasteiger partial charge on any atom is 0.339 e. The van der Waals surface area contributed by atoms with Crippen molar-refractivity contribution in [1.82, 2.24) is 0 Å². The second-order valence-electron chi connectivity index (χ2n) is 5.49. The average molecular weight is 383 g/mol. The number of benzene rings is 3. The van der Waals surface area contributed by atoms with Crippen LogP contribution in [0, 0.1) is 0 Å². The fourth-order valence-electron chi connectivity index (χ4n) is 2.33. The summed E-state index contributed by atoms with van der Waals surface area (Å²) in [6, 6.07) is 19.2. The second kappa shape index (κ2) is 8.25. The van der Waals surface area contributed by atoms with E-state index in [1.54, 1.807) is 66.7 Å². The highest BCUT2D eigenvalue weighted by molar-refractivity contribution is 6.30. The van der Waals surface area contributed by atoms with Crippen LogP contribution in [0.25, 0.3) is 0 Å². The zero-order chi connectivity index (χ0) is 19.2. The third-order valence-corrected chi connectivity index (χ3v) is 3.83.